The van der Waals surface area contributed by atoms with E-state index in [1.54, 1.807) is 0 Å². The molecule has 1 saturated carbocycles. The van der Waals surface area contributed by atoms with Gasteiger partial charge in [-0.3, -0.25) is 0 Å². The Bertz CT molecular complexity index is 577. The molecule has 0 bridgehead atoms. The first kappa shape index (κ1) is 13.0. The molecule has 1 aliphatic carbocycles. The summed E-state index contributed by atoms with van der Waals surface area (Å²) in [5, 5.41) is 8.34. The first-order valence-electron chi connectivity index (χ1n) is 5.95. The number of hydrogen-bond acceptors (Lipinski definition) is 3. The molecular weight excluding hydrogens is 253 g/mol. The van der Waals surface area contributed by atoms with Crippen molar-refractivity contribution in [3.05, 3.63) is 30.1 Å². The van der Waals surface area contributed by atoms with Crippen LogP contribution in [0.15, 0.2) is 29.2 Å². The highest BCUT2D eigenvalue weighted by Crippen LogP contribution is 2.32. The quantitative estimate of drug-likeness (QED) is 0.827. The van der Waals surface area contributed by atoms with Gasteiger partial charge in [0, 0.05) is 0 Å². The zero-order valence-electron chi connectivity index (χ0n) is 9.84. The van der Waals surface area contributed by atoms with E-state index in [2.05, 4.69) is 6.07 Å². The van der Waals surface area contributed by atoms with Crippen molar-refractivity contribution in [2.24, 2.45) is 5.92 Å². The number of sulfone groups is 1. The van der Waals surface area contributed by atoms with Gasteiger partial charge in [0.2, 0.25) is 0 Å². The molecule has 1 aromatic carbocycles. The SMILES string of the molecule is N#CC1CCCCC1S(=O)(=O)c1cccc(F)c1. The Kier molecular flexibility index (Phi) is 3.67. The van der Waals surface area contributed by atoms with Crippen molar-refractivity contribution in [3.8, 4) is 6.07 Å². The molecule has 1 aliphatic rings. The number of nitriles is 1. The van der Waals surface area contributed by atoms with Gasteiger partial charge in [-0.25, -0.2) is 12.8 Å². The standard InChI is InChI=1S/C13H14FNO2S/c14-11-5-3-6-12(8-11)18(16,17)13-7-2-1-4-10(13)9-15/h3,5-6,8,10,13H,1-2,4,7H2. The summed E-state index contributed by atoms with van der Waals surface area (Å²) >= 11 is 0. The molecule has 2 rings (SSSR count). The molecule has 0 spiro atoms. The fourth-order valence-corrected chi connectivity index (χ4v) is 4.44. The molecule has 0 amide bonds. The highest BCUT2D eigenvalue weighted by Gasteiger charge is 2.36. The largest absolute Gasteiger partial charge is 0.223 e. The minimum absolute atomic E-state index is 0.0188. The Morgan fingerprint density at radius 2 is 2.00 bits per heavy atom. The van der Waals surface area contributed by atoms with Crippen LogP contribution in [-0.2, 0) is 9.84 Å². The van der Waals surface area contributed by atoms with Crippen molar-refractivity contribution in [2.45, 2.75) is 35.8 Å². The zero-order valence-corrected chi connectivity index (χ0v) is 10.7. The molecule has 0 radical (unpaired) electrons. The highest BCUT2D eigenvalue weighted by molar-refractivity contribution is 7.92. The lowest BCUT2D eigenvalue weighted by Gasteiger charge is -2.26. The van der Waals surface area contributed by atoms with Crippen molar-refractivity contribution in [1.82, 2.24) is 0 Å². The van der Waals surface area contributed by atoms with Crippen LogP contribution in [0, 0.1) is 23.1 Å². The summed E-state index contributed by atoms with van der Waals surface area (Å²) < 4.78 is 37.9. The Morgan fingerprint density at radius 3 is 2.67 bits per heavy atom. The summed E-state index contributed by atoms with van der Waals surface area (Å²) in [5.41, 5.74) is 0. The van der Waals surface area contributed by atoms with E-state index in [0.29, 0.717) is 12.8 Å². The summed E-state index contributed by atoms with van der Waals surface area (Å²) in [7, 11) is -3.61. The summed E-state index contributed by atoms with van der Waals surface area (Å²) in [6.45, 7) is 0. The fourth-order valence-electron chi connectivity index (χ4n) is 2.43. The van der Waals surface area contributed by atoms with Crippen molar-refractivity contribution in [2.75, 3.05) is 0 Å². The van der Waals surface area contributed by atoms with E-state index in [4.69, 9.17) is 5.26 Å². The predicted molar refractivity (Wildman–Crippen MR) is 64.9 cm³/mol. The average Bonchev–Trinajstić information content (AvgIpc) is 2.38. The maximum absolute atomic E-state index is 13.1. The maximum Gasteiger partial charge on any atom is 0.182 e. The second kappa shape index (κ2) is 5.07. The lowest BCUT2D eigenvalue weighted by atomic mass is 9.90. The van der Waals surface area contributed by atoms with Crippen LogP contribution in [0.2, 0.25) is 0 Å². The van der Waals surface area contributed by atoms with Gasteiger partial charge in [0.25, 0.3) is 0 Å². The molecule has 0 aromatic heterocycles. The van der Waals surface area contributed by atoms with Gasteiger partial charge in [-0.1, -0.05) is 18.9 Å². The number of halogens is 1. The van der Waals surface area contributed by atoms with Gasteiger partial charge in [0.15, 0.2) is 9.84 Å². The molecule has 0 saturated heterocycles. The lowest BCUT2D eigenvalue weighted by Crippen LogP contribution is -2.32. The van der Waals surface area contributed by atoms with E-state index in [1.807, 2.05) is 0 Å². The molecule has 5 heteroatoms. The van der Waals surface area contributed by atoms with Crippen molar-refractivity contribution >= 4 is 9.84 Å². The van der Waals surface area contributed by atoms with Crippen molar-refractivity contribution in [3.63, 3.8) is 0 Å². The first-order valence-corrected chi connectivity index (χ1v) is 7.49. The molecule has 18 heavy (non-hydrogen) atoms. The average molecular weight is 267 g/mol. The van der Waals surface area contributed by atoms with Crippen LogP contribution in [0.25, 0.3) is 0 Å². The smallest absolute Gasteiger partial charge is 0.182 e. The molecule has 1 fully saturated rings. The highest BCUT2D eigenvalue weighted by atomic mass is 32.2. The Labute approximate surface area is 106 Å². The predicted octanol–water partition coefficient (Wildman–Crippen LogP) is 2.68. The molecule has 96 valence electrons. The molecule has 2 atom stereocenters. The Morgan fingerprint density at radius 1 is 1.28 bits per heavy atom. The van der Waals surface area contributed by atoms with Crippen LogP contribution < -0.4 is 0 Å². The molecule has 0 aliphatic heterocycles. The van der Waals surface area contributed by atoms with E-state index < -0.39 is 26.8 Å². The van der Waals surface area contributed by atoms with Crippen LogP contribution in [0.3, 0.4) is 0 Å². The molecule has 3 nitrogen and oxygen atoms in total. The number of hydrogen-bond donors (Lipinski definition) is 0. The van der Waals surface area contributed by atoms with E-state index in [-0.39, 0.29) is 4.90 Å². The van der Waals surface area contributed by atoms with E-state index in [9.17, 15) is 12.8 Å². The second-order valence-corrected chi connectivity index (χ2v) is 6.73. The second-order valence-electron chi connectivity index (χ2n) is 4.56. The topological polar surface area (TPSA) is 57.9 Å². The van der Waals surface area contributed by atoms with E-state index >= 15 is 0 Å². The molecule has 1 aromatic rings. The van der Waals surface area contributed by atoms with Crippen LogP contribution >= 0.6 is 0 Å². The van der Waals surface area contributed by atoms with E-state index in [1.165, 1.54) is 18.2 Å². The Hall–Kier alpha value is -1.41. The minimum Gasteiger partial charge on any atom is -0.223 e. The third kappa shape index (κ3) is 2.39. The molecule has 0 N–H and O–H groups in total. The minimum atomic E-state index is -3.61. The van der Waals surface area contributed by atoms with Gasteiger partial charge in [-0.2, -0.15) is 5.26 Å². The normalized spacial score (nSPS) is 24.4. The lowest BCUT2D eigenvalue weighted by molar-refractivity contribution is 0.418. The Balaban J connectivity index is 2.39. The van der Waals surface area contributed by atoms with Gasteiger partial charge < -0.3 is 0 Å². The monoisotopic (exact) mass is 267 g/mol. The molecular formula is C13H14FNO2S. The van der Waals surface area contributed by atoms with E-state index in [0.717, 1.165) is 18.9 Å². The van der Waals surface area contributed by atoms with Crippen LogP contribution in [0.5, 0.6) is 0 Å². The van der Waals surface area contributed by atoms with Crippen molar-refractivity contribution in [1.29, 1.82) is 5.26 Å². The van der Waals surface area contributed by atoms with Gasteiger partial charge in [-0.05, 0) is 31.0 Å². The van der Waals surface area contributed by atoms with Crippen LogP contribution in [0.4, 0.5) is 4.39 Å². The first-order chi connectivity index (χ1) is 8.55. The third-order valence-corrected chi connectivity index (χ3v) is 5.66. The molecule has 2 unspecified atom stereocenters. The summed E-state index contributed by atoms with van der Waals surface area (Å²) in [5.74, 6) is -1.05. The number of benzene rings is 1. The number of rotatable bonds is 2. The zero-order chi connectivity index (χ0) is 13.2. The van der Waals surface area contributed by atoms with Crippen LogP contribution in [-0.4, -0.2) is 13.7 Å². The molecule has 0 heterocycles. The summed E-state index contributed by atoms with van der Waals surface area (Å²) in [6, 6.07) is 7.08. The third-order valence-electron chi connectivity index (χ3n) is 3.39. The summed E-state index contributed by atoms with van der Waals surface area (Å²) in [4.78, 5) is -0.0188. The van der Waals surface area contributed by atoms with Gasteiger partial charge in [0.05, 0.1) is 22.1 Å². The number of nitrogens with zero attached hydrogens (tertiary/aromatic N) is 1. The van der Waals surface area contributed by atoms with Gasteiger partial charge >= 0.3 is 0 Å². The summed E-state index contributed by atoms with van der Waals surface area (Å²) in [6.07, 6.45) is 2.78. The van der Waals surface area contributed by atoms with Crippen LogP contribution in [0.1, 0.15) is 25.7 Å². The van der Waals surface area contributed by atoms with Crippen molar-refractivity contribution < 1.29 is 12.8 Å². The maximum atomic E-state index is 13.1. The van der Waals surface area contributed by atoms with Gasteiger partial charge in [-0.15, -0.1) is 0 Å². The fraction of sp³-hybridized carbons (Fsp3) is 0.462. The van der Waals surface area contributed by atoms with Gasteiger partial charge in [0.1, 0.15) is 5.82 Å².